The lowest BCUT2D eigenvalue weighted by Gasteiger charge is -2.16. The fraction of sp³-hybridized carbons (Fsp3) is 0.231. The number of hydrogen-bond acceptors (Lipinski definition) is 2. The third kappa shape index (κ3) is 2.94. The first kappa shape index (κ1) is 13.6. The van der Waals surface area contributed by atoms with Crippen LogP contribution in [-0.4, -0.2) is 7.05 Å². The molecule has 0 fully saturated rings. The van der Waals surface area contributed by atoms with Crippen molar-refractivity contribution in [3.63, 3.8) is 0 Å². The molecule has 0 saturated carbocycles. The minimum absolute atomic E-state index is 0.0259. The molecule has 5 heteroatoms. The molecule has 1 atom stereocenters. The summed E-state index contributed by atoms with van der Waals surface area (Å²) < 4.78 is 18.9. The van der Waals surface area contributed by atoms with E-state index in [1.54, 1.807) is 12.3 Å². The van der Waals surface area contributed by atoms with Crippen molar-refractivity contribution in [3.8, 4) is 0 Å². The van der Waals surface area contributed by atoms with Crippen LogP contribution in [0.15, 0.2) is 39.4 Å². The summed E-state index contributed by atoms with van der Waals surface area (Å²) in [6, 6.07) is 6.53. The Morgan fingerprint density at radius 2 is 2.22 bits per heavy atom. The second-order valence-corrected chi connectivity index (χ2v) is 5.13. The van der Waals surface area contributed by atoms with Gasteiger partial charge in [0.1, 0.15) is 5.82 Å². The van der Waals surface area contributed by atoms with Gasteiger partial charge in [-0.05, 0) is 48.8 Å². The number of halogens is 3. The van der Waals surface area contributed by atoms with Gasteiger partial charge in [0.15, 0.2) is 5.22 Å². The zero-order chi connectivity index (χ0) is 13.1. The highest BCUT2D eigenvalue weighted by Crippen LogP contribution is 2.29. The molecule has 0 aliphatic heterocycles. The Morgan fingerprint density at radius 3 is 2.78 bits per heavy atom. The van der Waals surface area contributed by atoms with Gasteiger partial charge in [-0.3, -0.25) is 0 Å². The normalized spacial score (nSPS) is 12.7. The van der Waals surface area contributed by atoms with Crippen LogP contribution in [0.3, 0.4) is 0 Å². The van der Waals surface area contributed by atoms with E-state index < -0.39 is 0 Å². The van der Waals surface area contributed by atoms with E-state index >= 15 is 0 Å². The van der Waals surface area contributed by atoms with Crippen LogP contribution >= 0.6 is 27.5 Å². The van der Waals surface area contributed by atoms with E-state index in [9.17, 15) is 4.39 Å². The molecule has 1 heterocycles. The molecule has 96 valence electrons. The Balaban J connectivity index is 2.23. The fourth-order valence-corrected chi connectivity index (χ4v) is 2.59. The largest absolute Gasteiger partial charge is 0.453 e. The second kappa shape index (κ2) is 5.87. The maximum absolute atomic E-state index is 13.0. The van der Waals surface area contributed by atoms with E-state index in [0.29, 0.717) is 11.6 Å². The average Bonchev–Trinajstić information content (AvgIpc) is 2.75. The maximum atomic E-state index is 13.0. The molecule has 0 aliphatic rings. The summed E-state index contributed by atoms with van der Waals surface area (Å²) in [5.74, 6) is -0.257. The van der Waals surface area contributed by atoms with Gasteiger partial charge in [-0.2, -0.15) is 0 Å². The van der Waals surface area contributed by atoms with Gasteiger partial charge < -0.3 is 9.73 Å². The minimum Gasteiger partial charge on any atom is -0.453 e. The molecule has 0 bridgehead atoms. The molecule has 0 aliphatic carbocycles. The van der Waals surface area contributed by atoms with Crippen molar-refractivity contribution in [1.29, 1.82) is 0 Å². The van der Waals surface area contributed by atoms with E-state index in [0.717, 1.165) is 15.6 Å². The molecule has 1 aromatic carbocycles. The predicted octanol–water partition coefficient (Wildman–Crippen LogP) is 4.34. The Hall–Kier alpha value is -0.840. The highest BCUT2D eigenvalue weighted by atomic mass is 79.9. The molecule has 1 unspecified atom stereocenters. The molecule has 0 amide bonds. The quantitative estimate of drug-likeness (QED) is 0.901. The van der Waals surface area contributed by atoms with Crippen molar-refractivity contribution in [2.24, 2.45) is 0 Å². The van der Waals surface area contributed by atoms with Crippen LogP contribution in [0.25, 0.3) is 0 Å². The van der Waals surface area contributed by atoms with Gasteiger partial charge in [0.25, 0.3) is 0 Å². The van der Waals surface area contributed by atoms with E-state index in [-0.39, 0.29) is 11.9 Å². The summed E-state index contributed by atoms with van der Waals surface area (Å²) in [4.78, 5) is 0. The Labute approximate surface area is 118 Å². The van der Waals surface area contributed by atoms with Crippen LogP contribution in [-0.2, 0) is 6.42 Å². The topological polar surface area (TPSA) is 25.2 Å². The highest BCUT2D eigenvalue weighted by molar-refractivity contribution is 9.10. The fourth-order valence-electron chi connectivity index (χ4n) is 1.83. The van der Waals surface area contributed by atoms with Crippen LogP contribution < -0.4 is 5.32 Å². The summed E-state index contributed by atoms with van der Waals surface area (Å²) in [6.07, 6.45) is 2.25. The maximum Gasteiger partial charge on any atom is 0.197 e. The molecule has 2 nitrogen and oxygen atoms in total. The SMILES string of the molecule is CNC(Cc1ccc(F)cc1Br)c1ccoc1Cl. The van der Waals surface area contributed by atoms with Gasteiger partial charge >= 0.3 is 0 Å². The monoisotopic (exact) mass is 331 g/mol. The molecule has 18 heavy (non-hydrogen) atoms. The average molecular weight is 333 g/mol. The van der Waals surface area contributed by atoms with Crippen LogP contribution in [0.4, 0.5) is 4.39 Å². The van der Waals surface area contributed by atoms with Gasteiger partial charge in [-0.25, -0.2) is 4.39 Å². The van der Waals surface area contributed by atoms with Crippen molar-refractivity contribution >= 4 is 27.5 Å². The first-order chi connectivity index (χ1) is 8.61. The molecule has 1 aromatic heterocycles. The van der Waals surface area contributed by atoms with Crippen LogP contribution in [0.2, 0.25) is 5.22 Å². The molecular formula is C13H12BrClFNO. The summed E-state index contributed by atoms with van der Waals surface area (Å²) in [5, 5.41) is 3.56. The van der Waals surface area contributed by atoms with Crippen molar-refractivity contribution in [1.82, 2.24) is 5.32 Å². The first-order valence-electron chi connectivity index (χ1n) is 5.46. The van der Waals surface area contributed by atoms with E-state index in [2.05, 4.69) is 21.2 Å². The van der Waals surface area contributed by atoms with Crippen molar-refractivity contribution in [2.75, 3.05) is 7.05 Å². The number of furan rings is 1. The lowest BCUT2D eigenvalue weighted by molar-refractivity contribution is 0.543. The van der Waals surface area contributed by atoms with Crippen LogP contribution in [0, 0.1) is 5.82 Å². The number of rotatable bonds is 4. The molecule has 0 spiro atoms. The van der Waals surface area contributed by atoms with Gasteiger partial charge in [0.05, 0.1) is 6.26 Å². The third-order valence-corrected chi connectivity index (χ3v) is 3.85. The molecular weight excluding hydrogens is 321 g/mol. The molecule has 1 N–H and O–H groups in total. The standard InChI is InChI=1S/C13H12BrClFNO/c1-17-12(10-4-5-18-13(10)15)6-8-2-3-9(16)7-11(8)14/h2-5,7,12,17H,6H2,1H3. The van der Waals surface area contributed by atoms with Crippen molar-refractivity contribution < 1.29 is 8.81 Å². The lowest BCUT2D eigenvalue weighted by Crippen LogP contribution is -2.18. The van der Waals surface area contributed by atoms with Crippen molar-refractivity contribution in [3.05, 3.63) is 57.2 Å². The Bertz CT molecular complexity index is 544. The summed E-state index contributed by atoms with van der Waals surface area (Å²) in [7, 11) is 1.85. The van der Waals surface area contributed by atoms with E-state index in [4.69, 9.17) is 16.0 Å². The van der Waals surface area contributed by atoms with Gasteiger partial charge in [-0.1, -0.05) is 22.0 Å². The van der Waals surface area contributed by atoms with Gasteiger partial charge in [-0.15, -0.1) is 0 Å². The number of benzene rings is 1. The zero-order valence-corrected chi connectivity index (χ0v) is 12.1. The summed E-state index contributed by atoms with van der Waals surface area (Å²) >= 11 is 9.33. The molecule has 0 saturated heterocycles. The Kier molecular flexibility index (Phi) is 4.43. The number of nitrogens with one attached hydrogen (secondary N) is 1. The van der Waals surface area contributed by atoms with E-state index in [1.807, 2.05) is 13.1 Å². The number of hydrogen-bond donors (Lipinski definition) is 1. The predicted molar refractivity (Wildman–Crippen MR) is 73.3 cm³/mol. The van der Waals surface area contributed by atoms with Gasteiger partial charge in [0, 0.05) is 16.1 Å². The Morgan fingerprint density at radius 1 is 1.44 bits per heavy atom. The van der Waals surface area contributed by atoms with Crippen molar-refractivity contribution in [2.45, 2.75) is 12.5 Å². The molecule has 0 radical (unpaired) electrons. The zero-order valence-electron chi connectivity index (χ0n) is 9.71. The van der Waals surface area contributed by atoms with E-state index in [1.165, 1.54) is 12.1 Å². The van der Waals surface area contributed by atoms with Crippen LogP contribution in [0.5, 0.6) is 0 Å². The summed E-state index contributed by atoms with van der Waals surface area (Å²) in [6.45, 7) is 0. The minimum atomic E-state index is -0.257. The highest BCUT2D eigenvalue weighted by Gasteiger charge is 2.17. The van der Waals surface area contributed by atoms with Gasteiger partial charge in [0.2, 0.25) is 0 Å². The third-order valence-electron chi connectivity index (χ3n) is 2.81. The van der Waals surface area contributed by atoms with Crippen LogP contribution in [0.1, 0.15) is 17.2 Å². The smallest absolute Gasteiger partial charge is 0.197 e. The first-order valence-corrected chi connectivity index (χ1v) is 6.63. The summed E-state index contributed by atoms with van der Waals surface area (Å²) in [5.41, 5.74) is 1.91. The number of likely N-dealkylation sites (N-methyl/N-ethyl adjacent to an activating group) is 1. The lowest BCUT2D eigenvalue weighted by atomic mass is 10.0. The second-order valence-electron chi connectivity index (χ2n) is 3.93. The molecule has 2 rings (SSSR count). The molecule has 2 aromatic rings.